The molecule has 9 nitrogen and oxygen atoms in total. The van der Waals surface area contributed by atoms with Crippen molar-refractivity contribution >= 4 is 53.5 Å². The number of nitrogens with zero attached hydrogens (tertiary/aromatic N) is 3. The number of aliphatic imine (C=N–C) groups is 3. The molecular weight excluding hydrogens is 453 g/mol. The van der Waals surface area contributed by atoms with E-state index < -0.39 is 6.80 Å². The maximum Gasteiger partial charge on any atom is 0.497 e. The van der Waals surface area contributed by atoms with Crippen molar-refractivity contribution in [1.82, 2.24) is 0 Å². The highest BCUT2D eigenvalue weighted by Gasteiger charge is 2.31. The summed E-state index contributed by atoms with van der Waals surface area (Å²) in [6.45, 7) is -3.88. The number of carbonyl (C=O) groups excluding carboxylic acids is 3. The number of hydrogen-bond donors (Lipinski definition) is 0. The molecule has 0 aromatic heterocycles. The summed E-state index contributed by atoms with van der Waals surface area (Å²) in [4.78, 5) is 42.2. The van der Waals surface area contributed by atoms with Gasteiger partial charge in [0.1, 0.15) is 11.5 Å². The Kier molecular flexibility index (Phi) is 7.68. The fourth-order valence-corrected chi connectivity index (χ4v) is 5.61. The minimum atomic E-state index is -3.88. The van der Waals surface area contributed by atoms with Gasteiger partial charge in [0.2, 0.25) is 18.2 Å². The van der Waals surface area contributed by atoms with Crippen LogP contribution in [0.1, 0.15) is 0 Å². The zero-order valence-corrected chi connectivity index (χ0v) is 17.8. The van der Waals surface area contributed by atoms with Crippen molar-refractivity contribution in [2.75, 3.05) is 0 Å². The highest BCUT2D eigenvalue weighted by Crippen LogP contribution is 2.62. The van der Waals surface area contributed by atoms with E-state index in [1.807, 2.05) is 0 Å². The Morgan fingerprint density at radius 3 is 1.28 bits per heavy atom. The monoisotopic (exact) mass is 465 g/mol. The standard InChI is InChI=1S/C21H12N3O6PS/c25-13-22-16-1-7-19(8-2-16)29-31(28,30-20-9-3-17(4-10-20)23-14-26)32-21-11-5-18(6-12-21)24-15-27/h1-12H. The molecule has 0 aliphatic heterocycles. The van der Waals surface area contributed by atoms with Crippen molar-refractivity contribution in [3.63, 3.8) is 0 Å². The van der Waals surface area contributed by atoms with Crippen LogP contribution in [0.25, 0.3) is 0 Å². The average Bonchev–Trinajstić information content (AvgIpc) is 2.78. The third-order valence-corrected chi connectivity index (χ3v) is 7.01. The van der Waals surface area contributed by atoms with Crippen molar-refractivity contribution in [2.24, 2.45) is 15.0 Å². The first-order chi connectivity index (χ1) is 15.5. The molecular formula is C21H12N3O6PS. The van der Waals surface area contributed by atoms with Crippen LogP contribution in [0.2, 0.25) is 0 Å². The van der Waals surface area contributed by atoms with E-state index >= 15 is 0 Å². The van der Waals surface area contributed by atoms with Crippen molar-refractivity contribution in [2.45, 2.75) is 4.90 Å². The Morgan fingerprint density at radius 2 is 0.938 bits per heavy atom. The molecule has 0 saturated carbocycles. The topological polar surface area (TPSA) is 124 Å². The van der Waals surface area contributed by atoms with E-state index in [-0.39, 0.29) is 11.5 Å². The maximum absolute atomic E-state index is 13.6. The second kappa shape index (κ2) is 10.8. The predicted molar refractivity (Wildman–Crippen MR) is 117 cm³/mol. The summed E-state index contributed by atoms with van der Waals surface area (Å²) in [5, 5.41) is 0. The number of isocyanates is 3. The van der Waals surface area contributed by atoms with Crippen molar-refractivity contribution in [3.8, 4) is 11.5 Å². The minimum Gasteiger partial charge on any atom is -0.408 e. The van der Waals surface area contributed by atoms with Crippen LogP contribution in [0.3, 0.4) is 0 Å². The number of rotatable bonds is 9. The van der Waals surface area contributed by atoms with Gasteiger partial charge in [0, 0.05) is 16.3 Å². The van der Waals surface area contributed by atoms with Crippen LogP contribution in [-0.2, 0) is 18.9 Å². The lowest BCUT2D eigenvalue weighted by Crippen LogP contribution is -1.98. The van der Waals surface area contributed by atoms with Gasteiger partial charge in [0.15, 0.2) is 0 Å². The molecule has 158 valence electrons. The van der Waals surface area contributed by atoms with Gasteiger partial charge < -0.3 is 9.05 Å². The molecule has 3 aromatic carbocycles. The lowest BCUT2D eigenvalue weighted by atomic mass is 10.3. The molecule has 32 heavy (non-hydrogen) atoms. The molecule has 0 aliphatic carbocycles. The Balaban J connectivity index is 1.89. The molecule has 0 saturated heterocycles. The SMILES string of the molecule is O=C=Nc1ccc(OP(=O)(Oc2ccc(N=C=O)cc2)Sc2ccc(N=C=O)cc2)cc1. The van der Waals surface area contributed by atoms with E-state index in [0.29, 0.717) is 22.0 Å². The molecule has 0 aliphatic rings. The van der Waals surface area contributed by atoms with Crippen LogP contribution in [0.4, 0.5) is 17.1 Å². The van der Waals surface area contributed by atoms with Crippen molar-refractivity contribution < 1.29 is 28.0 Å². The molecule has 0 amide bonds. The van der Waals surface area contributed by atoms with Crippen LogP contribution in [0.5, 0.6) is 11.5 Å². The zero-order valence-electron chi connectivity index (χ0n) is 16.1. The van der Waals surface area contributed by atoms with Gasteiger partial charge in [-0.15, -0.1) is 0 Å². The van der Waals surface area contributed by atoms with Crippen molar-refractivity contribution in [1.29, 1.82) is 0 Å². The molecule has 0 fully saturated rings. The Bertz CT molecular complexity index is 1120. The minimum absolute atomic E-state index is 0.218. The summed E-state index contributed by atoms with van der Waals surface area (Å²) >= 11 is 0.836. The predicted octanol–water partition coefficient (Wildman–Crippen LogP) is 5.95. The summed E-state index contributed by atoms with van der Waals surface area (Å²) in [5.41, 5.74) is 1.10. The first-order valence-corrected chi connectivity index (χ1v) is 11.7. The molecule has 0 radical (unpaired) electrons. The fourth-order valence-electron chi connectivity index (χ4n) is 2.35. The van der Waals surface area contributed by atoms with Gasteiger partial charge in [-0.1, -0.05) is 0 Å². The normalized spacial score (nSPS) is 11.6. The van der Waals surface area contributed by atoms with E-state index in [0.717, 1.165) is 11.4 Å². The molecule has 0 heterocycles. The molecule has 0 bridgehead atoms. The molecule has 0 unspecified atom stereocenters. The highest BCUT2D eigenvalue weighted by molar-refractivity contribution is 8.55. The van der Waals surface area contributed by atoms with Gasteiger partial charge in [-0.05, 0) is 72.8 Å². The molecule has 0 N–H and O–H groups in total. The third-order valence-electron chi connectivity index (χ3n) is 3.69. The van der Waals surface area contributed by atoms with E-state index in [9.17, 15) is 18.9 Å². The van der Waals surface area contributed by atoms with E-state index in [2.05, 4.69) is 15.0 Å². The molecule has 3 rings (SSSR count). The van der Waals surface area contributed by atoms with Crippen LogP contribution < -0.4 is 9.05 Å². The maximum atomic E-state index is 13.6. The Morgan fingerprint density at radius 1 is 0.594 bits per heavy atom. The molecule has 0 atom stereocenters. The van der Waals surface area contributed by atoms with Crippen molar-refractivity contribution in [3.05, 3.63) is 72.8 Å². The van der Waals surface area contributed by atoms with Gasteiger partial charge in [-0.25, -0.2) is 18.9 Å². The lowest BCUT2D eigenvalue weighted by molar-refractivity contribution is 0.408. The Labute approximate surface area is 185 Å². The third kappa shape index (κ3) is 6.49. The van der Waals surface area contributed by atoms with Gasteiger partial charge in [0.25, 0.3) is 0 Å². The van der Waals surface area contributed by atoms with E-state index in [1.54, 1.807) is 24.3 Å². The molecule has 11 heteroatoms. The van der Waals surface area contributed by atoms with Gasteiger partial charge in [0.05, 0.1) is 17.1 Å². The summed E-state index contributed by atoms with van der Waals surface area (Å²) in [6, 6.07) is 18.2. The first kappa shape index (κ1) is 22.7. The van der Waals surface area contributed by atoms with Crippen LogP contribution in [0, 0.1) is 0 Å². The quantitative estimate of drug-likeness (QED) is 0.217. The molecule has 3 aromatic rings. The van der Waals surface area contributed by atoms with E-state index in [1.165, 1.54) is 66.8 Å². The largest absolute Gasteiger partial charge is 0.497 e. The second-order valence-electron chi connectivity index (χ2n) is 5.81. The number of benzene rings is 3. The smallest absolute Gasteiger partial charge is 0.408 e. The van der Waals surface area contributed by atoms with Gasteiger partial charge >= 0.3 is 6.80 Å². The summed E-state index contributed by atoms with van der Waals surface area (Å²) < 4.78 is 25.0. The van der Waals surface area contributed by atoms with Crippen LogP contribution in [-0.4, -0.2) is 18.2 Å². The average molecular weight is 465 g/mol. The second-order valence-corrected chi connectivity index (χ2v) is 9.61. The highest BCUT2D eigenvalue weighted by atomic mass is 32.7. The summed E-state index contributed by atoms with van der Waals surface area (Å²) in [6.07, 6.45) is 4.31. The Hall–Kier alpha value is -4.02. The first-order valence-electron chi connectivity index (χ1n) is 8.76. The zero-order chi connectivity index (χ0) is 22.8. The lowest BCUT2D eigenvalue weighted by Gasteiger charge is -2.19. The van der Waals surface area contributed by atoms with Gasteiger partial charge in [-0.3, -0.25) is 0 Å². The van der Waals surface area contributed by atoms with E-state index in [4.69, 9.17) is 9.05 Å². The van der Waals surface area contributed by atoms with Gasteiger partial charge in [-0.2, -0.15) is 15.0 Å². The summed E-state index contributed by atoms with van der Waals surface area (Å²) in [7, 11) is 0. The fraction of sp³-hybridized carbons (Fsp3) is 0. The summed E-state index contributed by atoms with van der Waals surface area (Å²) in [5.74, 6) is 0.435. The van der Waals surface area contributed by atoms with Crippen LogP contribution in [0.15, 0.2) is 92.7 Å². The van der Waals surface area contributed by atoms with Crippen LogP contribution >= 0.6 is 18.2 Å². The molecule has 0 spiro atoms. The number of hydrogen-bond acceptors (Lipinski definition) is 10.